The summed E-state index contributed by atoms with van der Waals surface area (Å²) in [4.78, 5) is 0. The molecule has 0 spiro atoms. The largest absolute Gasteiger partial charge is 0 e. The normalized spacial score (nSPS) is 1.00. The molecule has 0 unspecified atom stereocenters. The second-order valence-corrected chi connectivity index (χ2v) is 0. The van der Waals surface area contributed by atoms with Gasteiger partial charge in [0, 0.05) is 26.2 Å². The van der Waals surface area contributed by atoms with E-state index in [1.165, 1.54) is 19.4 Å². The van der Waals surface area contributed by atoms with Crippen molar-refractivity contribution in [2.45, 2.75) is 0 Å². The van der Waals surface area contributed by atoms with Gasteiger partial charge < -0.3 is 0 Å². The number of hydrogen-bond acceptors (Lipinski definition) is 0. The fourth-order valence-corrected chi connectivity index (χ4v) is 0. The van der Waals surface area contributed by atoms with Crippen LogP contribution in [0.2, 0.25) is 0 Å². The molecule has 0 fully saturated rings. The Kier molecular flexibility index (Phi) is 68.8. The van der Waals surface area contributed by atoms with Crippen LogP contribution in [0.4, 0.5) is 0 Å². The Morgan fingerprint density at radius 3 is 1.25 bits per heavy atom. The maximum Gasteiger partial charge on any atom is 0 e. The van der Waals surface area contributed by atoms with E-state index in [-0.39, 0.29) is 50.1 Å². The zero-order valence-electron chi connectivity index (χ0n) is 2.09. The molecule has 0 rings (SSSR count). The monoisotopic (exact) mass is 295 g/mol. The predicted octanol–water partition coefficient (Wildman–Crippen LogP) is -0.232. The van der Waals surface area contributed by atoms with Gasteiger partial charge in [0.25, 0.3) is 0 Å². The summed E-state index contributed by atoms with van der Waals surface area (Å²) in [5.74, 6) is 0. The van der Waals surface area contributed by atoms with Gasteiger partial charge in [0.15, 0.2) is 0 Å². The molecule has 0 atom stereocenters. The summed E-state index contributed by atoms with van der Waals surface area (Å²) in [6.07, 6.45) is 0. The van der Waals surface area contributed by atoms with Crippen LogP contribution in [-0.2, 0) is 45.6 Å². The molecule has 0 bridgehead atoms. The number of hydrogen-bond donors (Lipinski definition) is 0. The first-order chi connectivity index (χ1) is 1.00. The van der Waals surface area contributed by atoms with E-state index in [9.17, 15) is 0 Å². The molecule has 4 heavy (non-hydrogen) atoms. The molecular formula is H2ClSnTiZr. The first kappa shape index (κ1) is 15.9. The van der Waals surface area contributed by atoms with E-state index in [1.54, 1.807) is 0 Å². The molecule has 0 aliphatic heterocycles. The quantitative estimate of drug-likeness (QED) is 0.542. The van der Waals surface area contributed by atoms with Crippen molar-refractivity contribution in [3.63, 3.8) is 0 Å². The number of rotatable bonds is 0. The van der Waals surface area contributed by atoms with E-state index >= 15 is 0 Å². The second kappa shape index (κ2) is 17.3. The SMILES string of the molecule is [Cl][Ti].[SnH2].[Zr]. The van der Waals surface area contributed by atoms with Crippen molar-refractivity contribution in [2.24, 2.45) is 0 Å². The van der Waals surface area contributed by atoms with Crippen LogP contribution in [-0.4, -0.2) is 23.9 Å². The van der Waals surface area contributed by atoms with Gasteiger partial charge in [-0.2, -0.15) is 0 Å². The molecular weight excluding hydrogens is 293 g/mol. The molecule has 0 N–H and O–H groups in total. The van der Waals surface area contributed by atoms with Crippen LogP contribution in [0.5, 0.6) is 0 Å². The molecule has 0 aromatic rings. The molecule has 4 heteroatoms. The van der Waals surface area contributed by atoms with Gasteiger partial charge in [-0.05, 0) is 0 Å². The minimum Gasteiger partial charge on any atom is 0 e. The van der Waals surface area contributed by atoms with Crippen molar-refractivity contribution in [1.29, 1.82) is 0 Å². The third kappa shape index (κ3) is 8.82. The van der Waals surface area contributed by atoms with E-state index in [0.717, 1.165) is 0 Å². The van der Waals surface area contributed by atoms with E-state index in [0.29, 0.717) is 0 Å². The Morgan fingerprint density at radius 2 is 1.25 bits per heavy atom. The molecule has 0 saturated heterocycles. The average Bonchev–Trinajstić information content (AvgIpc) is 1.00. The van der Waals surface area contributed by atoms with Crippen molar-refractivity contribution < 1.29 is 45.6 Å². The van der Waals surface area contributed by atoms with Crippen molar-refractivity contribution in [2.75, 3.05) is 0 Å². The molecule has 21 valence electrons. The maximum atomic E-state index is 4.64. The topological polar surface area (TPSA) is 0 Å². The zero-order valence-corrected chi connectivity index (χ0v) is 10.9. The minimum atomic E-state index is 0. The van der Waals surface area contributed by atoms with E-state index in [1.807, 2.05) is 0 Å². The van der Waals surface area contributed by atoms with E-state index in [4.69, 9.17) is 0 Å². The molecule has 0 heterocycles. The summed E-state index contributed by atoms with van der Waals surface area (Å²) in [5, 5.41) is 0. The van der Waals surface area contributed by atoms with Gasteiger partial charge in [-0.1, -0.05) is 0 Å². The summed E-state index contributed by atoms with van der Waals surface area (Å²) in [5.41, 5.74) is 0. The van der Waals surface area contributed by atoms with Crippen molar-refractivity contribution >= 4 is 33.2 Å². The Labute approximate surface area is 77.4 Å². The molecule has 0 aliphatic carbocycles. The van der Waals surface area contributed by atoms with Gasteiger partial charge in [-0.25, -0.2) is 0 Å². The average molecular weight is 295 g/mol. The standard InChI is InChI=1S/ClH.Sn.Ti.Zr.2H/h1H;;;;;/q;;+1;;;/p-1. The van der Waals surface area contributed by atoms with Crippen molar-refractivity contribution in [1.82, 2.24) is 0 Å². The smallest absolute Gasteiger partial charge is 0 e. The zero-order chi connectivity index (χ0) is 2.00. The van der Waals surface area contributed by atoms with Crippen molar-refractivity contribution in [3.8, 4) is 0 Å². The second-order valence-electron chi connectivity index (χ2n) is 0. The Bertz CT molecular complexity index is 8.00. The van der Waals surface area contributed by atoms with Crippen LogP contribution in [0.1, 0.15) is 0 Å². The van der Waals surface area contributed by atoms with Crippen LogP contribution in [0.25, 0.3) is 0 Å². The molecule has 0 aliphatic rings. The summed E-state index contributed by atoms with van der Waals surface area (Å²) in [6, 6.07) is 0. The summed E-state index contributed by atoms with van der Waals surface area (Å²) in [6.45, 7) is 0. The Morgan fingerprint density at radius 1 is 1.25 bits per heavy atom. The minimum absolute atomic E-state index is 0. The molecule has 0 amide bonds. The summed E-state index contributed by atoms with van der Waals surface area (Å²) >= 11 is 1.47. The van der Waals surface area contributed by atoms with Crippen LogP contribution in [0.3, 0.4) is 0 Å². The Balaban J connectivity index is -0.00000000500. The summed E-state index contributed by atoms with van der Waals surface area (Å²) < 4.78 is 0. The molecule has 0 aromatic heterocycles. The fraction of sp³-hybridized carbons (Fsp3) is 0. The molecule has 0 aromatic carbocycles. The molecule has 0 nitrogen and oxygen atoms in total. The molecule has 2 radical (unpaired) electrons. The van der Waals surface area contributed by atoms with Gasteiger partial charge in [0.1, 0.15) is 0 Å². The number of halogens is 1. The van der Waals surface area contributed by atoms with Gasteiger partial charge >= 0.3 is 52.6 Å². The summed E-state index contributed by atoms with van der Waals surface area (Å²) in [7, 11) is 4.64. The van der Waals surface area contributed by atoms with Gasteiger partial charge in [-0.3, -0.25) is 0 Å². The first-order valence-electron chi connectivity index (χ1n) is 0.189. The van der Waals surface area contributed by atoms with Crippen LogP contribution in [0.15, 0.2) is 0 Å². The fourth-order valence-electron chi connectivity index (χ4n) is 0. The third-order valence-electron chi connectivity index (χ3n) is 0. The van der Waals surface area contributed by atoms with Crippen LogP contribution >= 0.6 is 9.30 Å². The molecule has 0 saturated carbocycles. The predicted molar refractivity (Wildman–Crippen MR) is 14.4 cm³/mol. The maximum absolute atomic E-state index is 4.64. The van der Waals surface area contributed by atoms with Gasteiger partial charge in [0.05, 0.1) is 0 Å². The van der Waals surface area contributed by atoms with Gasteiger partial charge in [-0.15, -0.1) is 0 Å². The van der Waals surface area contributed by atoms with Crippen LogP contribution in [0, 0.1) is 0 Å². The van der Waals surface area contributed by atoms with Crippen LogP contribution < -0.4 is 0 Å². The van der Waals surface area contributed by atoms with Crippen molar-refractivity contribution in [3.05, 3.63) is 0 Å². The third-order valence-corrected chi connectivity index (χ3v) is 0. The van der Waals surface area contributed by atoms with Gasteiger partial charge in [0.2, 0.25) is 0 Å². The first-order valence-corrected chi connectivity index (χ1v) is 2.34. The van der Waals surface area contributed by atoms with E-state index in [2.05, 4.69) is 9.30 Å². The Hall–Kier alpha value is 2.69. The van der Waals surface area contributed by atoms with E-state index < -0.39 is 0 Å².